The summed E-state index contributed by atoms with van der Waals surface area (Å²) in [5.74, 6) is 7.65. The van der Waals surface area contributed by atoms with Crippen LogP contribution in [0.4, 0.5) is 0 Å². The van der Waals surface area contributed by atoms with Crippen molar-refractivity contribution in [2.45, 2.75) is 25.4 Å². The Hall–Kier alpha value is -2.50. The second kappa shape index (κ2) is 10.9. The Labute approximate surface area is 192 Å². The molecule has 3 atom stereocenters. The fraction of sp³-hybridized carbons (Fsp3) is 0.440. The van der Waals surface area contributed by atoms with E-state index in [4.69, 9.17) is 4.74 Å². The lowest BCUT2D eigenvalue weighted by molar-refractivity contribution is 0.0640. The predicted molar refractivity (Wildman–Crippen MR) is 127 cm³/mol. The maximum absolute atomic E-state index is 11.0. The van der Waals surface area contributed by atoms with E-state index in [0.29, 0.717) is 18.9 Å². The van der Waals surface area contributed by atoms with E-state index in [2.05, 4.69) is 26.7 Å². The van der Waals surface area contributed by atoms with E-state index < -0.39 is 6.10 Å². The number of hydrogen-bond acceptors (Lipinski definition) is 7. The van der Waals surface area contributed by atoms with Crippen LogP contribution in [0, 0.1) is 23.7 Å². The molecule has 4 rings (SSSR count). The van der Waals surface area contributed by atoms with E-state index in [9.17, 15) is 10.2 Å². The van der Waals surface area contributed by atoms with Gasteiger partial charge in [0.25, 0.3) is 0 Å². The minimum absolute atomic E-state index is 0.159. The highest BCUT2D eigenvalue weighted by atomic mass is 32.1. The third kappa shape index (κ3) is 5.45. The van der Waals surface area contributed by atoms with Crippen molar-refractivity contribution in [2.24, 2.45) is 11.8 Å². The van der Waals surface area contributed by atoms with E-state index in [-0.39, 0.29) is 12.5 Å². The smallest absolute Gasteiger partial charge is 0.166 e. The van der Waals surface area contributed by atoms with Crippen LogP contribution < -0.4 is 4.74 Å². The number of rotatable bonds is 7. The molecule has 3 heterocycles. The molecule has 1 aliphatic rings. The van der Waals surface area contributed by atoms with Gasteiger partial charge < -0.3 is 14.9 Å². The van der Waals surface area contributed by atoms with Gasteiger partial charge in [0.15, 0.2) is 5.01 Å². The Kier molecular flexibility index (Phi) is 7.72. The predicted octanol–water partition coefficient (Wildman–Crippen LogP) is 3.50. The number of fused-ring (bicyclic) bond motifs is 1. The molecule has 168 valence electrons. The Morgan fingerprint density at radius 1 is 1.25 bits per heavy atom. The van der Waals surface area contributed by atoms with Crippen molar-refractivity contribution in [1.82, 2.24) is 14.9 Å². The molecule has 0 amide bonds. The van der Waals surface area contributed by atoms with Crippen LogP contribution in [0.15, 0.2) is 42.0 Å². The summed E-state index contributed by atoms with van der Waals surface area (Å²) in [4.78, 5) is 10.9. The quantitative estimate of drug-likeness (QED) is 0.536. The number of likely N-dealkylation sites (tertiary alicyclic amines) is 1. The maximum Gasteiger partial charge on any atom is 0.166 e. The molecule has 1 fully saturated rings. The van der Waals surface area contributed by atoms with E-state index in [1.165, 1.54) is 0 Å². The molecule has 1 saturated heterocycles. The number of aliphatic hydroxyl groups excluding tert-OH is 2. The van der Waals surface area contributed by atoms with Crippen molar-refractivity contribution in [3.8, 4) is 17.6 Å². The number of benzene rings is 1. The number of hydrogen-bond donors (Lipinski definition) is 2. The summed E-state index contributed by atoms with van der Waals surface area (Å²) < 4.78 is 5.35. The van der Waals surface area contributed by atoms with Crippen LogP contribution in [-0.2, 0) is 0 Å². The number of aliphatic hydroxyl groups is 2. The van der Waals surface area contributed by atoms with Gasteiger partial charge in [-0.3, -0.25) is 9.88 Å². The zero-order chi connectivity index (χ0) is 22.3. The van der Waals surface area contributed by atoms with E-state index in [1.54, 1.807) is 30.8 Å². The van der Waals surface area contributed by atoms with Crippen LogP contribution in [0.2, 0.25) is 0 Å². The number of thiazole rings is 1. The first-order valence-electron chi connectivity index (χ1n) is 11.0. The second-order valence-electron chi connectivity index (χ2n) is 8.24. The van der Waals surface area contributed by atoms with Crippen LogP contribution in [0.5, 0.6) is 5.75 Å². The number of piperidine rings is 1. The highest BCUT2D eigenvalue weighted by molar-refractivity contribution is 7.10. The normalized spacial score (nSPS) is 20.0. The van der Waals surface area contributed by atoms with Gasteiger partial charge in [0.05, 0.1) is 25.3 Å². The fourth-order valence-corrected chi connectivity index (χ4v) is 4.99. The summed E-state index contributed by atoms with van der Waals surface area (Å²) in [5, 5.41) is 24.6. The molecule has 0 bridgehead atoms. The van der Waals surface area contributed by atoms with Crippen molar-refractivity contribution >= 4 is 22.2 Å². The molecule has 0 aliphatic carbocycles. The first-order chi connectivity index (χ1) is 15.7. The van der Waals surface area contributed by atoms with Gasteiger partial charge in [-0.2, -0.15) is 0 Å². The SMILES string of the molecule is COc1ccc2nccc(C(O)CC[C@@H]3CCN(CC#Cc4nccs4)C[C@@H]3CO)c2c1. The van der Waals surface area contributed by atoms with Gasteiger partial charge in [-0.15, -0.1) is 11.3 Å². The summed E-state index contributed by atoms with van der Waals surface area (Å²) in [7, 11) is 1.64. The minimum atomic E-state index is -0.575. The van der Waals surface area contributed by atoms with Gasteiger partial charge >= 0.3 is 0 Å². The van der Waals surface area contributed by atoms with Crippen LogP contribution in [-0.4, -0.2) is 58.4 Å². The standard InChI is InChI=1S/C25H29N3O3S/c1-31-20-5-6-23-22(15-20)21(8-10-26-23)24(30)7-4-18-9-13-28(16-19(18)17-29)12-2-3-25-27-11-14-32-25/h5-6,8,10-11,14-15,18-19,24,29-30H,4,7,9,12-13,16-17H2,1H3/t18-,19-,24?/m1/s1. The lowest BCUT2D eigenvalue weighted by atomic mass is 9.81. The molecule has 0 spiro atoms. The molecule has 0 radical (unpaired) electrons. The van der Waals surface area contributed by atoms with Gasteiger partial charge in [0.2, 0.25) is 0 Å². The first-order valence-corrected chi connectivity index (χ1v) is 11.9. The van der Waals surface area contributed by atoms with Crippen molar-refractivity contribution in [3.63, 3.8) is 0 Å². The minimum Gasteiger partial charge on any atom is -0.497 e. The molecule has 1 aromatic carbocycles. The molecule has 2 aromatic heterocycles. The number of methoxy groups -OCH3 is 1. The van der Waals surface area contributed by atoms with Crippen LogP contribution in [0.3, 0.4) is 0 Å². The monoisotopic (exact) mass is 451 g/mol. The highest BCUT2D eigenvalue weighted by Crippen LogP contribution is 2.33. The van der Waals surface area contributed by atoms with Gasteiger partial charge in [0.1, 0.15) is 5.75 Å². The lowest BCUT2D eigenvalue weighted by Gasteiger charge is -2.37. The summed E-state index contributed by atoms with van der Waals surface area (Å²) in [5.41, 5.74) is 1.73. The van der Waals surface area contributed by atoms with Gasteiger partial charge in [0, 0.05) is 36.3 Å². The topological polar surface area (TPSA) is 78.7 Å². The zero-order valence-electron chi connectivity index (χ0n) is 18.3. The highest BCUT2D eigenvalue weighted by Gasteiger charge is 2.29. The molecule has 32 heavy (non-hydrogen) atoms. The Balaban J connectivity index is 1.35. The molecule has 1 unspecified atom stereocenters. The number of nitrogens with zero attached hydrogens (tertiary/aromatic N) is 3. The van der Waals surface area contributed by atoms with Gasteiger partial charge in [-0.1, -0.05) is 5.92 Å². The Bertz CT molecular complexity index is 1080. The van der Waals surface area contributed by atoms with Crippen molar-refractivity contribution in [1.29, 1.82) is 0 Å². The van der Waals surface area contributed by atoms with E-state index in [0.717, 1.165) is 53.2 Å². The van der Waals surface area contributed by atoms with Crippen molar-refractivity contribution < 1.29 is 14.9 Å². The number of pyridine rings is 1. The largest absolute Gasteiger partial charge is 0.497 e. The summed E-state index contributed by atoms with van der Waals surface area (Å²) >= 11 is 1.55. The molecular formula is C25H29N3O3S. The number of ether oxygens (including phenoxy) is 1. The number of aromatic nitrogens is 2. The van der Waals surface area contributed by atoms with E-state index in [1.807, 2.05) is 29.6 Å². The molecule has 2 N–H and O–H groups in total. The molecular weight excluding hydrogens is 422 g/mol. The first kappa shape index (κ1) is 22.7. The molecule has 6 nitrogen and oxygen atoms in total. The Morgan fingerprint density at radius 2 is 2.16 bits per heavy atom. The van der Waals surface area contributed by atoms with Gasteiger partial charge in [-0.05, 0) is 73.4 Å². The average Bonchev–Trinajstić information content (AvgIpc) is 3.35. The molecule has 0 saturated carbocycles. The second-order valence-corrected chi connectivity index (χ2v) is 9.14. The summed E-state index contributed by atoms with van der Waals surface area (Å²) in [6, 6.07) is 7.62. The van der Waals surface area contributed by atoms with Crippen LogP contribution in [0.25, 0.3) is 10.9 Å². The zero-order valence-corrected chi connectivity index (χ0v) is 19.1. The molecule has 7 heteroatoms. The summed E-state index contributed by atoms with van der Waals surface area (Å²) in [6.45, 7) is 2.64. The average molecular weight is 452 g/mol. The maximum atomic E-state index is 11.0. The van der Waals surface area contributed by atoms with Crippen molar-refractivity contribution in [3.05, 3.63) is 52.6 Å². The Morgan fingerprint density at radius 3 is 2.94 bits per heavy atom. The van der Waals surface area contributed by atoms with E-state index >= 15 is 0 Å². The lowest BCUT2D eigenvalue weighted by Crippen LogP contribution is -2.42. The molecule has 3 aromatic rings. The fourth-order valence-electron chi connectivity index (χ4n) is 4.49. The van der Waals surface area contributed by atoms with Gasteiger partial charge in [-0.25, -0.2) is 4.98 Å². The summed E-state index contributed by atoms with van der Waals surface area (Å²) in [6.07, 6.45) is 5.47. The third-order valence-electron chi connectivity index (χ3n) is 6.29. The molecule has 1 aliphatic heterocycles. The third-order valence-corrected chi connectivity index (χ3v) is 6.98. The van der Waals surface area contributed by atoms with Crippen molar-refractivity contribution in [2.75, 3.05) is 33.4 Å². The van der Waals surface area contributed by atoms with Crippen LogP contribution in [0.1, 0.15) is 35.9 Å². The van der Waals surface area contributed by atoms with Crippen LogP contribution >= 0.6 is 11.3 Å².